The Bertz CT molecular complexity index is 581. The monoisotopic (exact) mass is 372 g/mol. The number of benzene rings is 1. The Morgan fingerprint density at radius 1 is 1.04 bits per heavy atom. The lowest BCUT2D eigenvalue weighted by Gasteiger charge is -2.16. The summed E-state index contributed by atoms with van der Waals surface area (Å²) >= 11 is 0. The molecule has 8 nitrogen and oxygen atoms in total. The molecule has 0 aliphatic rings. The van der Waals surface area contributed by atoms with Crippen molar-refractivity contribution in [2.24, 2.45) is 11.7 Å². The standard InChI is InChI=1S/C17H24FNO7/c18-8-14(20)15(21)9-26-12-4-1-10(2-5-12)7-11(16(22)23)3-6-13(19)17(24)25/h1-2,4-5,11,13-15,20-21H,3,6-9,19H2,(H,22,23)(H,24,25)/t11?,13-,14-,15-/m0/s1/i18-1. The average Bonchev–Trinajstić information content (AvgIpc) is 2.62. The Morgan fingerprint density at radius 3 is 2.15 bits per heavy atom. The normalized spacial score (nSPS) is 15.7. The van der Waals surface area contributed by atoms with E-state index in [9.17, 15) is 24.2 Å². The Balaban J connectivity index is 2.57. The summed E-state index contributed by atoms with van der Waals surface area (Å²) in [5.41, 5.74) is 6.10. The summed E-state index contributed by atoms with van der Waals surface area (Å²) in [6.45, 7) is -1.36. The van der Waals surface area contributed by atoms with E-state index in [1.807, 2.05) is 0 Å². The number of hydrogen-bond acceptors (Lipinski definition) is 6. The van der Waals surface area contributed by atoms with Crippen molar-refractivity contribution in [3.8, 4) is 5.75 Å². The largest absolute Gasteiger partial charge is 0.491 e. The molecule has 146 valence electrons. The van der Waals surface area contributed by atoms with Gasteiger partial charge >= 0.3 is 11.9 Å². The third-order valence-corrected chi connectivity index (χ3v) is 3.92. The minimum atomic E-state index is -1.51. The van der Waals surface area contributed by atoms with E-state index >= 15 is 0 Å². The second-order valence-electron chi connectivity index (χ2n) is 6.01. The average molecular weight is 372 g/mol. The molecule has 1 aromatic rings. The molecule has 26 heavy (non-hydrogen) atoms. The number of ether oxygens (including phenoxy) is 1. The molecule has 0 amide bonds. The van der Waals surface area contributed by atoms with Gasteiger partial charge in [0.2, 0.25) is 0 Å². The van der Waals surface area contributed by atoms with E-state index in [-0.39, 0.29) is 25.9 Å². The first-order valence-corrected chi connectivity index (χ1v) is 8.09. The van der Waals surface area contributed by atoms with E-state index in [0.29, 0.717) is 11.3 Å². The molecule has 9 heteroatoms. The van der Waals surface area contributed by atoms with Gasteiger partial charge in [-0.3, -0.25) is 9.59 Å². The van der Waals surface area contributed by atoms with Crippen molar-refractivity contribution in [2.75, 3.05) is 13.3 Å². The number of nitrogens with two attached hydrogens (primary N) is 1. The fourth-order valence-electron chi connectivity index (χ4n) is 2.22. The second-order valence-corrected chi connectivity index (χ2v) is 6.01. The zero-order valence-electron chi connectivity index (χ0n) is 14.1. The van der Waals surface area contributed by atoms with Gasteiger partial charge in [0.1, 0.15) is 37.3 Å². The van der Waals surface area contributed by atoms with Gasteiger partial charge in [-0.25, -0.2) is 4.39 Å². The lowest BCUT2D eigenvalue weighted by molar-refractivity contribution is -0.143. The minimum Gasteiger partial charge on any atom is -0.491 e. The molecule has 0 bridgehead atoms. The lowest BCUT2D eigenvalue weighted by atomic mass is 9.93. The minimum absolute atomic E-state index is 0.0578. The topological polar surface area (TPSA) is 150 Å². The van der Waals surface area contributed by atoms with E-state index in [1.165, 1.54) is 0 Å². The Morgan fingerprint density at radius 2 is 1.65 bits per heavy atom. The van der Waals surface area contributed by atoms with Crippen LogP contribution in [0.3, 0.4) is 0 Å². The number of alkyl halides is 1. The highest BCUT2D eigenvalue weighted by atomic mass is 18.2. The zero-order chi connectivity index (χ0) is 19.7. The number of carbonyl (C=O) groups is 2. The van der Waals surface area contributed by atoms with E-state index in [4.69, 9.17) is 20.7 Å². The van der Waals surface area contributed by atoms with Gasteiger partial charge in [0.25, 0.3) is 0 Å². The molecule has 4 atom stereocenters. The first kappa shape index (κ1) is 21.8. The van der Waals surface area contributed by atoms with E-state index in [0.717, 1.165) is 0 Å². The maximum Gasteiger partial charge on any atom is 0.320 e. The van der Waals surface area contributed by atoms with Gasteiger partial charge < -0.3 is 30.9 Å². The van der Waals surface area contributed by atoms with Gasteiger partial charge in [-0.15, -0.1) is 0 Å². The van der Waals surface area contributed by atoms with E-state index in [1.54, 1.807) is 24.3 Å². The van der Waals surface area contributed by atoms with Crippen LogP contribution in [0.2, 0.25) is 0 Å². The van der Waals surface area contributed by atoms with Gasteiger partial charge in [-0.2, -0.15) is 0 Å². The van der Waals surface area contributed by atoms with Crippen molar-refractivity contribution in [1.82, 2.24) is 0 Å². The van der Waals surface area contributed by atoms with Crippen LogP contribution in [0, 0.1) is 5.92 Å². The first-order chi connectivity index (χ1) is 12.2. The Labute approximate surface area is 150 Å². The smallest absolute Gasteiger partial charge is 0.320 e. The molecule has 6 N–H and O–H groups in total. The van der Waals surface area contributed by atoms with E-state index < -0.39 is 42.8 Å². The molecule has 0 aromatic heterocycles. The number of halogens is 1. The van der Waals surface area contributed by atoms with Crippen LogP contribution in [0.25, 0.3) is 0 Å². The summed E-state index contributed by atoms with van der Waals surface area (Å²) < 4.78 is 17.4. The molecule has 0 heterocycles. The molecule has 0 fully saturated rings. The maximum atomic E-state index is 12.2. The summed E-state index contributed by atoms with van der Waals surface area (Å²) in [5, 5.41) is 36.6. The zero-order valence-corrected chi connectivity index (χ0v) is 14.1. The van der Waals surface area contributed by atoms with Gasteiger partial charge in [-0.05, 0) is 37.0 Å². The van der Waals surface area contributed by atoms with Gasteiger partial charge in [0.15, 0.2) is 0 Å². The number of aliphatic hydroxyl groups is 2. The molecule has 0 radical (unpaired) electrons. The van der Waals surface area contributed by atoms with Crippen molar-refractivity contribution in [2.45, 2.75) is 37.5 Å². The second kappa shape index (κ2) is 10.7. The summed E-state index contributed by atoms with van der Waals surface area (Å²) in [6.07, 6.45) is -2.47. The number of rotatable bonds is 12. The maximum absolute atomic E-state index is 12.2. The predicted molar refractivity (Wildman–Crippen MR) is 89.6 cm³/mol. The quantitative estimate of drug-likeness (QED) is 0.349. The fourth-order valence-corrected chi connectivity index (χ4v) is 2.22. The van der Waals surface area contributed by atoms with Crippen LogP contribution >= 0.6 is 0 Å². The third-order valence-electron chi connectivity index (χ3n) is 3.92. The highest BCUT2D eigenvalue weighted by molar-refractivity contribution is 5.73. The number of hydrogen-bond donors (Lipinski definition) is 5. The molecule has 0 spiro atoms. The lowest BCUT2D eigenvalue weighted by Crippen LogP contribution is -2.33. The van der Waals surface area contributed by atoms with Gasteiger partial charge in [0, 0.05) is 0 Å². The third kappa shape index (κ3) is 7.34. The van der Waals surface area contributed by atoms with Crippen molar-refractivity contribution >= 4 is 11.9 Å². The highest BCUT2D eigenvalue weighted by Gasteiger charge is 2.21. The van der Waals surface area contributed by atoms with Crippen LogP contribution in [0.4, 0.5) is 4.39 Å². The van der Waals surface area contributed by atoms with Crippen LogP contribution in [-0.2, 0) is 16.0 Å². The van der Waals surface area contributed by atoms with Crippen molar-refractivity contribution in [1.29, 1.82) is 0 Å². The first-order valence-electron chi connectivity index (χ1n) is 8.09. The van der Waals surface area contributed by atoms with Crippen molar-refractivity contribution < 1.29 is 39.1 Å². The summed E-state index contributed by atoms with van der Waals surface area (Å²) in [5.74, 6) is -2.60. The van der Waals surface area contributed by atoms with Crippen molar-refractivity contribution in [3.63, 3.8) is 0 Å². The molecule has 0 aliphatic carbocycles. The van der Waals surface area contributed by atoms with Crippen LogP contribution in [0.1, 0.15) is 18.4 Å². The van der Waals surface area contributed by atoms with Crippen LogP contribution in [0.15, 0.2) is 24.3 Å². The highest BCUT2D eigenvalue weighted by Crippen LogP contribution is 2.19. The molecule has 0 aliphatic heterocycles. The molecule has 1 aromatic carbocycles. The summed E-state index contributed by atoms with van der Waals surface area (Å²) in [4.78, 5) is 22.0. The van der Waals surface area contributed by atoms with Gasteiger partial charge in [0.05, 0.1) is 5.92 Å². The molecule has 0 saturated carbocycles. The Kier molecular flexibility index (Phi) is 8.97. The number of aliphatic carboxylic acids is 2. The molecule has 1 rings (SSSR count). The number of carboxylic acids is 2. The molecular weight excluding hydrogens is 348 g/mol. The molecule has 0 saturated heterocycles. The van der Waals surface area contributed by atoms with Crippen LogP contribution in [-0.4, -0.2) is 63.9 Å². The van der Waals surface area contributed by atoms with Gasteiger partial charge in [-0.1, -0.05) is 12.1 Å². The Hall–Kier alpha value is -2.23. The molecule has 1 unspecified atom stereocenters. The van der Waals surface area contributed by atoms with Crippen LogP contribution < -0.4 is 10.5 Å². The van der Waals surface area contributed by atoms with E-state index in [2.05, 4.69) is 0 Å². The fraction of sp³-hybridized carbons (Fsp3) is 0.529. The molecular formula is C17H24FNO7. The predicted octanol–water partition coefficient (Wildman–Crippen LogP) is 0.192. The SMILES string of the molecule is N[C@@H](CCC(Cc1ccc(OC[C@H](O)[C@@H](O)C[18F])cc1)C(=O)O)C(=O)O. The summed E-state index contributed by atoms with van der Waals surface area (Å²) in [7, 11) is 0. The number of aliphatic hydroxyl groups excluding tert-OH is 2. The number of carboxylic acid groups (broad SMARTS) is 2. The van der Waals surface area contributed by atoms with Crippen molar-refractivity contribution in [3.05, 3.63) is 29.8 Å². The summed E-state index contributed by atoms with van der Waals surface area (Å²) in [6, 6.07) is 5.30. The van der Waals surface area contributed by atoms with Crippen LogP contribution in [0.5, 0.6) is 5.75 Å².